The molecule has 27 heavy (non-hydrogen) atoms. The van der Waals surface area contributed by atoms with Crippen molar-refractivity contribution < 1.29 is 17.9 Å². The minimum absolute atomic E-state index is 0.165. The van der Waals surface area contributed by atoms with Gasteiger partial charge in [0.25, 0.3) is 0 Å². The first-order valence-electron chi connectivity index (χ1n) is 8.58. The molecule has 0 saturated carbocycles. The molecule has 0 spiro atoms. The van der Waals surface area contributed by atoms with Gasteiger partial charge < -0.3 is 9.64 Å². The predicted octanol–water partition coefficient (Wildman–Crippen LogP) is 4.01. The van der Waals surface area contributed by atoms with Crippen molar-refractivity contribution in [2.45, 2.75) is 25.6 Å². The molecule has 0 bridgehead atoms. The number of hydrogen-bond acceptors (Lipinski definition) is 5. The molecule has 1 saturated heterocycles. The Morgan fingerprint density at radius 1 is 1.07 bits per heavy atom. The van der Waals surface area contributed by atoms with Gasteiger partial charge in [-0.15, -0.1) is 0 Å². The summed E-state index contributed by atoms with van der Waals surface area (Å²) in [6.07, 6.45) is -3.04. The number of aromatic nitrogens is 3. The quantitative estimate of drug-likeness (QED) is 0.693. The minimum atomic E-state index is -4.40. The molecule has 2 aromatic heterocycles. The number of ether oxygens (including phenoxy) is 1. The maximum atomic E-state index is 12.6. The molecule has 1 aliphatic rings. The molecule has 3 aromatic rings. The van der Waals surface area contributed by atoms with E-state index in [1.54, 1.807) is 0 Å². The molecule has 1 aromatic carbocycles. The number of aryl methyl sites for hydroxylation is 1. The summed E-state index contributed by atoms with van der Waals surface area (Å²) < 4.78 is 43.6. The maximum Gasteiger partial charge on any atom is 0.417 e. The molecule has 8 heteroatoms. The third-order valence-corrected chi connectivity index (χ3v) is 4.52. The number of pyridine rings is 1. The van der Waals surface area contributed by atoms with Crippen molar-refractivity contribution >= 4 is 16.9 Å². The van der Waals surface area contributed by atoms with Crippen molar-refractivity contribution in [2.75, 3.05) is 18.0 Å². The smallest absolute Gasteiger partial charge is 0.417 e. The van der Waals surface area contributed by atoms with E-state index < -0.39 is 11.7 Å². The van der Waals surface area contributed by atoms with Crippen molar-refractivity contribution in [1.82, 2.24) is 15.0 Å². The summed E-state index contributed by atoms with van der Waals surface area (Å²) in [5, 5.41) is 0. The van der Waals surface area contributed by atoms with Crippen molar-refractivity contribution in [3.05, 3.63) is 53.9 Å². The molecular formula is C19H17F3N4O. The normalized spacial score (nSPS) is 17.5. The summed E-state index contributed by atoms with van der Waals surface area (Å²) in [5.74, 6) is 0.997. The molecule has 1 aliphatic heterocycles. The Morgan fingerprint density at radius 2 is 1.81 bits per heavy atom. The fourth-order valence-corrected chi connectivity index (χ4v) is 3.18. The summed E-state index contributed by atoms with van der Waals surface area (Å²) in [5.41, 5.74) is 1.72. The molecule has 0 amide bonds. The summed E-state index contributed by atoms with van der Waals surface area (Å²) in [6.45, 7) is 3.23. The Morgan fingerprint density at radius 3 is 2.48 bits per heavy atom. The highest BCUT2D eigenvalue weighted by atomic mass is 19.4. The monoisotopic (exact) mass is 374 g/mol. The van der Waals surface area contributed by atoms with Gasteiger partial charge in [-0.3, -0.25) is 0 Å². The van der Waals surface area contributed by atoms with Gasteiger partial charge in [-0.2, -0.15) is 13.2 Å². The van der Waals surface area contributed by atoms with Crippen LogP contribution in [0.5, 0.6) is 5.88 Å². The van der Waals surface area contributed by atoms with Crippen LogP contribution in [0.4, 0.5) is 19.0 Å². The summed E-state index contributed by atoms with van der Waals surface area (Å²) in [4.78, 5) is 15.2. The number of rotatable bonds is 3. The zero-order valence-electron chi connectivity index (χ0n) is 14.6. The molecule has 140 valence electrons. The predicted molar refractivity (Wildman–Crippen MR) is 94.8 cm³/mol. The zero-order chi connectivity index (χ0) is 19.0. The van der Waals surface area contributed by atoms with E-state index >= 15 is 0 Å². The SMILES string of the molecule is Cc1nc2ccccc2nc1N1CCC(Oc2ccc(C(F)(F)F)cn2)C1. The average Bonchev–Trinajstić information content (AvgIpc) is 3.09. The first-order chi connectivity index (χ1) is 12.9. The second-order valence-electron chi connectivity index (χ2n) is 6.48. The average molecular weight is 374 g/mol. The van der Waals surface area contributed by atoms with Gasteiger partial charge in [0, 0.05) is 25.2 Å². The highest BCUT2D eigenvalue weighted by molar-refractivity contribution is 5.76. The Kier molecular flexibility index (Phi) is 4.33. The van der Waals surface area contributed by atoms with E-state index in [0.29, 0.717) is 6.54 Å². The minimum Gasteiger partial charge on any atom is -0.472 e. The molecule has 0 aliphatic carbocycles. The lowest BCUT2D eigenvalue weighted by molar-refractivity contribution is -0.137. The van der Waals surface area contributed by atoms with Crippen LogP contribution in [0.25, 0.3) is 11.0 Å². The van der Waals surface area contributed by atoms with E-state index in [0.717, 1.165) is 47.8 Å². The Bertz CT molecular complexity index is 959. The number of benzene rings is 1. The molecule has 4 rings (SSSR count). The van der Waals surface area contributed by atoms with E-state index in [2.05, 4.69) is 14.9 Å². The lowest BCUT2D eigenvalue weighted by Crippen LogP contribution is -2.26. The number of alkyl halides is 3. The summed E-state index contributed by atoms with van der Waals surface area (Å²) in [7, 11) is 0. The Balaban J connectivity index is 1.47. The lowest BCUT2D eigenvalue weighted by atomic mass is 10.3. The van der Waals surface area contributed by atoms with Crippen LogP contribution < -0.4 is 9.64 Å². The second kappa shape index (κ2) is 6.68. The second-order valence-corrected chi connectivity index (χ2v) is 6.48. The molecule has 0 N–H and O–H groups in total. The van der Waals surface area contributed by atoms with E-state index in [9.17, 15) is 13.2 Å². The largest absolute Gasteiger partial charge is 0.472 e. The van der Waals surface area contributed by atoms with E-state index in [1.165, 1.54) is 6.07 Å². The van der Waals surface area contributed by atoms with Gasteiger partial charge in [0.2, 0.25) is 5.88 Å². The third-order valence-electron chi connectivity index (χ3n) is 4.52. The molecule has 1 fully saturated rings. The van der Waals surface area contributed by atoms with Crippen LogP contribution in [0.1, 0.15) is 17.7 Å². The van der Waals surface area contributed by atoms with Gasteiger partial charge in [0.05, 0.1) is 28.8 Å². The van der Waals surface area contributed by atoms with Crippen LogP contribution in [0.3, 0.4) is 0 Å². The van der Waals surface area contributed by atoms with Crippen molar-refractivity contribution in [3.63, 3.8) is 0 Å². The summed E-state index contributed by atoms with van der Waals surface area (Å²) in [6, 6.07) is 9.92. The van der Waals surface area contributed by atoms with Crippen LogP contribution in [-0.4, -0.2) is 34.1 Å². The van der Waals surface area contributed by atoms with Gasteiger partial charge in [-0.05, 0) is 25.1 Å². The highest BCUT2D eigenvalue weighted by Crippen LogP contribution is 2.30. The number of fused-ring (bicyclic) bond motifs is 1. The molecule has 5 nitrogen and oxygen atoms in total. The maximum absolute atomic E-state index is 12.6. The van der Waals surface area contributed by atoms with E-state index in [4.69, 9.17) is 9.72 Å². The number of nitrogens with zero attached hydrogens (tertiary/aromatic N) is 4. The zero-order valence-corrected chi connectivity index (χ0v) is 14.6. The highest BCUT2D eigenvalue weighted by Gasteiger charge is 2.31. The number of halogens is 3. The van der Waals surface area contributed by atoms with Gasteiger partial charge in [-0.25, -0.2) is 15.0 Å². The van der Waals surface area contributed by atoms with Crippen molar-refractivity contribution in [1.29, 1.82) is 0 Å². The number of para-hydroxylation sites is 2. The fourth-order valence-electron chi connectivity index (χ4n) is 3.18. The molecule has 3 heterocycles. The van der Waals surface area contributed by atoms with Crippen LogP contribution in [0.2, 0.25) is 0 Å². The number of anilines is 1. The van der Waals surface area contributed by atoms with E-state index in [1.807, 2.05) is 31.2 Å². The van der Waals surface area contributed by atoms with Crippen molar-refractivity contribution in [3.8, 4) is 5.88 Å². The first kappa shape index (κ1) is 17.5. The number of hydrogen-bond donors (Lipinski definition) is 0. The van der Waals surface area contributed by atoms with Gasteiger partial charge >= 0.3 is 6.18 Å². The van der Waals surface area contributed by atoms with Gasteiger partial charge in [0.1, 0.15) is 6.10 Å². The standard InChI is InChI=1S/C19H17F3N4O/c1-12-18(25-16-5-3-2-4-15(16)24-12)26-9-8-14(11-26)27-17-7-6-13(10-23-17)19(20,21)22/h2-7,10,14H,8-9,11H2,1H3. The van der Waals surface area contributed by atoms with Crippen LogP contribution in [0, 0.1) is 6.92 Å². The Labute approximate surface area is 153 Å². The molecule has 0 radical (unpaired) electrons. The topological polar surface area (TPSA) is 51.1 Å². The van der Waals surface area contributed by atoms with Crippen LogP contribution >= 0.6 is 0 Å². The lowest BCUT2D eigenvalue weighted by Gasteiger charge is -2.19. The van der Waals surface area contributed by atoms with Crippen LogP contribution in [-0.2, 0) is 6.18 Å². The fraction of sp³-hybridized carbons (Fsp3) is 0.316. The molecule has 1 unspecified atom stereocenters. The molecule has 1 atom stereocenters. The summed E-state index contributed by atoms with van der Waals surface area (Å²) >= 11 is 0. The Hall–Kier alpha value is -2.90. The third kappa shape index (κ3) is 3.65. The first-order valence-corrected chi connectivity index (χ1v) is 8.58. The van der Waals surface area contributed by atoms with Crippen LogP contribution in [0.15, 0.2) is 42.6 Å². The van der Waals surface area contributed by atoms with Gasteiger partial charge in [0.15, 0.2) is 5.82 Å². The van der Waals surface area contributed by atoms with Gasteiger partial charge in [-0.1, -0.05) is 12.1 Å². The molecular weight excluding hydrogens is 357 g/mol. The van der Waals surface area contributed by atoms with E-state index in [-0.39, 0.29) is 12.0 Å². The van der Waals surface area contributed by atoms with Crippen molar-refractivity contribution in [2.24, 2.45) is 0 Å².